The summed E-state index contributed by atoms with van der Waals surface area (Å²) in [5.74, 6) is 2.26. The maximum absolute atomic E-state index is 10.9. The van der Waals surface area contributed by atoms with E-state index in [1.54, 1.807) is 0 Å². The van der Waals surface area contributed by atoms with Gasteiger partial charge in [0, 0.05) is 0 Å². The van der Waals surface area contributed by atoms with E-state index in [0.717, 1.165) is 0 Å². The molecule has 1 rings (SSSR count). The first-order valence-electron chi connectivity index (χ1n) is 3.20. The second-order valence-electron chi connectivity index (χ2n) is 1.85. The van der Waals surface area contributed by atoms with Crippen molar-refractivity contribution in [3.8, 4) is 12.3 Å². The molecule has 2 N–H and O–H groups in total. The Morgan fingerprint density at radius 3 is 3.25 bits per heavy atom. The standard InChI is InChI=1S/C7H7N3O2/c1-2-3-8-6(11)10-7-9-4-5-12-7/h1,4-5H,3H2,(H2,8,9,10,11). The van der Waals surface area contributed by atoms with E-state index >= 15 is 0 Å². The zero-order valence-electron chi connectivity index (χ0n) is 6.20. The van der Waals surface area contributed by atoms with Crippen LogP contribution in [0.3, 0.4) is 0 Å². The molecule has 0 aliphatic rings. The second kappa shape index (κ2) is 4.03. The van der Waals surface area contributed by atoms with Gasteiger partial charge in [-0.05, 0) is 0 Å². The number of nitrogens with one attached hydrogen (secondary N) is 2. The number of amides is 2. The minimum atomic E-state index is -0.435. The van der Waals surface area contributed by atoms with E-state index in [-0.39, 0.29) is 12.6 Å². The molecule has 0 radical (unpaired) electrons. The fourth-order valence-electron chi connectivity index (χ4n) is 0.558. The molecule has 0 saturated heterocycles. The highest BCUT2D eigenvalue weighted by Crippen LogP contribution is 1.99. The molecule has 0 atom stereocenters. The van der Waals surface area contributed by atoms with E-state index in [0.29, 0.717) is 0 Å². The SMILES string of the molecule is C#CCNC(=O)Nc1ncco1. The third-order valence-corrected chi connectivity index (χ3v) is 1.00. The number of terminal acetylenes is 1. The van der Waals surface area contributed by atoms with Gasteiger partial charge in [0.05, 0.1) is 12.7 Å². The van der Waals surface area contributed by atoms with Gasteiger partial charge in [-0.2, -0.15) is 0 Å². The number of hydrogen-bond acceptors (Lipinski definition) is 3. The third kappa shape index (κ3) is 2.34. The number of carbonyl (C=O) groups is 1. The lowest BCUT2D eigenvalue weighted by Gasteiger charge is -1.99. The lowest BCUT2D eigenvalue weighted by atomic mass is 10.7. The molecule has 0 aliphatic carbocycles. The van der Waals surface area contributed by atoms with E-state index in [4.69, 9.17) is 10.8 Å². The average Bonchev–Trinajstić information content (AvgIpc) is 2.53. The van der Waals surface area contributed by atoms with E-state index in [1.165, 1.54) is 12.5 Å². The lowest BCUT2D eigenvalue weighted by Crippen LogP contribution is -2.28. The summed E-state index contributed by atoms with van der Waals surface area (Å²) in [6.07, 6.45) is 7.70. The van der Waals surface area contributed by atoms with Crippen LogP contribution in [0.4, 0.5) is 10.8 Å². The normalized spacial score (nSPS) is 8.58. The van der Waals surface area contributed by atoms with E-state index < -0.39 is 6.03 Å². The number of carbonyl (C=O) groups excluding carboxylic acids is 1. The van der Waals surface area contributed by atoms with Gasteiger partial charge in [-0.25, -0.2) is 9.78 Å². The molecule has 1 aromatic rings. The fraction of sp³-hybridized carbons (Fsp3) is 0.143. The Hall–Kier alpha value is -1.96. The predicted molar refractivity (Wildman–Crippen MR) is 42.4 cm³/mol. The molecular formula is C7H7N3O2. The first kappa shape index (κ1) is 8.14. The smallest absolute Gasteiger partial charge is 0.323 e. The van der Waals surface area contributed by atoms with Crippen molar-refractivity contribution in [2.24, 2.45) is 0 Å². The van der Waals surface area contributed by atoms with Gasteiger partial charge in [0.2, 0.25) is 0 Å². The maximum Gasteiger partial charge on any atom is 0.323 e. The predicted octanol–water partition coefficient (Wildman–Crippen LogP) is 0.429. The Kier molecular flexibility index (Phi) is 2.73. The summed E-state index contributed by atoms with van der Waals surface area (Å²) in [7, 11) is 0. The molecule has 0 aromatic carbocycles. The van der Waals surface area contributed by atoms with Gasteiger partial charge in [-0.3, -0.25) is 5.32 Å². The number of oxazole rings is 1. The highest BCUT2D eigenvalue weighted by Gasteiger charge is 2.01. The molecular weight excluding hydrogens is 158 g/mol. The van der Waals surface area contributed by atoms with E-state index in [1.807, 2.05) is 0 Å². The first-order chi connectivity index (χ1) is 5.83. The van der Waals surface area contributed by atoms with Crippen molar-refractivity contribution in [1.29, 1.82) is 0 Å². The topological polar surface area (TPSA) is 67.2 Å². The van der Waals surface area contributed by atoms with Gasteiger partial charge in [-0.1, -0.05) is 5.92 Å². The van der Waals surface area contributed by atoms with Gasteiger partial charge < -0.3 is 9.73 Å². The first-order valence-corrected chi connectivity index (χ1v) is 3.20. The number of urea groups is 1. The van der Waals surface area contributed by atoms with Crippen molar-refractivity contribution in [2.45, 2.75) is 0 Å². The summed E-state index contributed by atoms with van der Waals surface area (Å²) in [6, 6.07) is -0.292. The lowest BCUT2D eigenvalue weighted by molar-refractivity contribution is 0.252. The Balaban J connectivity index is 2.33. The molecule has 12 heavy (non-hydrogen) atoms. The van der Waals surface area contributed by atoms with Crippen LogP contribution in [0.2, 0.25) is 0 Å². The summed E-state index contributed by atoms with van der Waals surface area (Å²) >= 11 is 0. The molecule has 5 nitrogen and oxygen atoms in total. The van der Waals surface area contributed by atoms with Crippen LogP contribution in [0.1, 0.15) is 0 Å². The van der Waals surface area contributed by atoms with Crippen molar-refractivity contribution in [2.75, 3.05) is 11.9 Å². The molecule has 1 heterocycles. The van der Waals surface area contributed by atoms with Crippen molar-refractivity contribution in [3.05, 3.63) is 12.5 Å². The Labute approximate surface area is 69.2 Å². The Bertz CT molecular complexity index is 286. The molecule has 0 unspecified atom stereocenters. The molecule has 0 spiro atoms. The van der Waals surface area contributed by atoms with Crippen LogP contribution >= 0.6 is 0 Å². The quantitative estimate of drug-likeness (QED) is 0.624. The molecule has 1 aromatic heterocycles. The monoisotopic (exact) mass is 165 g/mol. The molecule has 0 bridgehead atoms. The zero-order chi connectivity index (χ0) is 8.81. The van der Waals surface area contributed by atoms with Gasteiger partial charge in [-0.15, -0.1) is 6.42 Å². The largest absolute Gasteiger partial charge is 0.432 e. The second-order valence-corrected chi connectivity index (χ2v) is 1.85. The molecule has 2 amide bonds. The van der Waals surface area contributed by atoms with E-state index in [9.17, 15) is 4.79 Å². The summed E-state index contributed by atoms with van der Waals surface area (Å²) in [5.41, 5.74) is 0. The van der Waals surface area contributed by atoms with Crippen LogP contribution in [0.5, 0.6) is 0 Å². The third-order valence-electron chi connectivity index (χ3n) is 1.00. The highest BCUT2D eigenvalue weighted by molar-refractivity contribution is 5.86. The number of hydrogen-bond donors (Lipinski definition) is 2. The van der Waals surface area contributed by atoms with Crippen LogP contribution in [0, 0.1) is 12.3 Å². The van der Waals surface area contributed by atoms with Crippen molar-refractivity contribution >= 4 is 12.0 Å². The summed E-state index contributed by atoms with van der Waals surface area (Å²) in [6.45, 7) is 0.173. The number of nitrogens with zero attached hydrogens (tertiary/aromatic N) is 1. The molecule has 5 heteroatoms. The molecule has 62 valence electrons. The fourth-order valence-corrected chi connectivity index (χ4v) is 0.558. The van der Waals surface area contributed by atoms with Crippen molar-refractivity contribution < 1.29 is 9.21 Å². The van der Waals surface area contributed by atoms with Gasteiger partial charge >= 0.3 is 12.0 Å². The minimum Gasteiger partial charge on any atom is -0.432 e. The number of rotatable bonds is 2. The molecule has 0 aliphatic heterocycles. The van der Waals surface area contributed by atoms with Crippen LogP contribution in [-0.2, 0) is 0 Å². The summed E-state index contributed by atoms with van der Waals surface area (Å²) < 4.78 is 4.75. The van der Waals surface area contributed by atoms with Gasteiger partial charge in [0.25, 0.3) is 0 Å². The zero-order valence-corrected chi connectivity index (χ0v) is 6.20. The minimum absolute atomic E-state index is 0.143. The average molecular weight is 165 g/mol. The summed E-state index contributed by atoms with van der Waals surface area (Å²) in [5, 5.41) is 4.72. The van der Waals surface area contributed by atoms with Crippen molar-refractivity contribution in [3.63, 3.8) is 0 Å². The molecule has 0 saturated carbocycles. The maximum atomic E-state index is 10.9. The van der Waals surface area contributed by atoms with Crippen LogP contribution in [0.15, 0.2) is 16.9 Å². The van der Waals surface area contributed by atoms with Gasteiger partial charge in [0.1, 0.15) is 6.26 Å². The molecule has 0 fully saturated rings. The van der Waals surface area contributed by atoms with E-state index in [2.05, 4.69) is 21.5 Å². The Morgan fingerprint density at radius 2 is 2.67 bits per heavy atom. The van der Waals surface area contributed by atoms with Crippen molar-refractivity contribution in [1.82, 2.24) is 10.3 Å². The Morgan fingerprint density at radius 1 is 1.83 bits per heavy atom. The number of aromatic nitrogens is 1. The van der Waals surface area contributed by atoms with Crippen LogP contribution in [0.25, 0.3) is 0 Å². The number of anilines is 1. The highest BCUT2D eigenvalue weighted by atomic mass is 16.4. The van der Waals surface area contributed by atoms with Gasteiger partial charge in [0.15, 0.2) is 0 Å². The summed E-state index contributed by atoms with van der Waals surface area (Å²) in [4.78, 5) is 14.5. The van der Waals surface area contributed by atoms with Crippen LogP contribution < -0.4 is 10.6 Å². The van der Waals surface area contributed by atoms with Crippen LogP contribution in [-0.4, -0.2) is 17.6 Å².